The molecule has 24 heavy (non-hydrogen) atoms. The summed E-state index contributed by atoms with van der Waals surface area (Å²) < 4.78 is 0. The summed E-state index contributed by atoms with van der Waals surface area (Å²) in [4.78, 5) is 32.4. The summed E-state index contributed by atoms with van der Waals surface area (Å²) in [6, 6.07) is 25.8. The normalized spacial score (nSPS) is 13.2. The van der Waals surface area contributed by atoms with Gasteiger partial charge in [-0.1, -0.05) is 0 Å². The van der Waals surface area contributed by atoms with Crippen LogP contribution in [-0.2, 0) is 12.6 Å². The van der Waals surface area contributed by atoms with Crippen LogP contribution in [0.4, 0.5) is 0 Å². The van der Waals surface area contributed by atoms with Gasteiger partial charge in [0.2, 0.25) is 0 Å². The third kappa shape index (κ3) is 3.89. The van der Waals surface area contributed by atoms with Crippen LogP contribution in [0.2, 0.25) is 0 Å². The van der Waals surface area contributed by atoms with Crippen molar-refractivity contribution in [2.24, 2.45) is 0 Å². The van der Waals surface area contributed by atoms with Crippen LogP contribution in [0, 0.1) is 0 Å². The molecule has 3 nitrogen and oxygen atoms in total. The zero-order valence-corrected chi connectivity index (χ0v) is 14.2. The summed E-state index contributed by atoms with van der Waals surface area (Å²) in [6.07, 6.45) is 0.351. The van der Waals surface area contributed by atoms with Crippen molar-refractivity contribution in [3.63, 3.8) is 0 Å². The Kier molecular flexibility index (Phi) is 4.53. The van der Waals surface area contributed by atoms with Crippen LogP contribution < -0.4 is 5.30 Å². The Hall–Kier alpha value is -2.03. The van der Waals surface area contributed by atoms with Crippen LogP contribution in [-0.4, -0.2) is 14.7 Å². The summed E-state index contributed by atoms with van der Waals surface area (Å²) in [7, 11) is -5.00. The molecule has 0 amide bonds. The van der Waals surface area contributed by atoms with Crippen LogP contribution >= 0.6 is 7.28 Å². The summed E-state index contributed by atoms with van der Waals surface area (Å²) in [6.45, 7) is 0. The molecule has 0 aromatic heterocycles. The van der Waals surface area contributed by atoms with Gasteiger partial charge in [-0.15, -0.1) is 0 Å². The minimum atomic E-state index is -5.00. The third-order valence-electron chi connectivity index (χ3n) is 4.04. The molecule has 0 fully saturated rings. The molecule has 4 heteroatoms. The van der Waals surface area contributed by atoms with Crippen LogP contribution in [0.3, 0.4) is 0 Å². The molecule has 0 saturated carbocycles. The molecule has 0 spiro atoms. The van der Waals surface area contributed by atoms with E-state index < -0.39 is 7.28 Å². The van der Waals surface area contributed by atoms with Gasteiger partial charge in [-0.05, 0) is 0 Å². The Bertz CT molecular complexity index is 808. The first-order chi connectivity index (χ1) is 11.4. The Morgan fingerprint density at radius 1 is 0.583 bits per heavy atom. The van der Waals surface area contributed by atoms with Crippen LogP contribution in [0.5, 0.6) is 0 Å². The Labute approximate surface area is 142 Å². The molecule has 0 atom stereocenters. The molecule has 0 radical (unpaired) electrons. The Morgan fingerprint density at radius 2 is 1.08 bits per heavy atom. The molecule has 0 unspecified atom stereocenters. The van der Waals surface area contributed by atoms with Crippen molar-refractivity contribution in [2.45, 2.75) is 12.6 Å². The van der Waals surface area contributed by atoms with E-state index in [-0.39, 0.29) is 11.5 Å². The number of hydrogen-bond donors (Lipinski definition) is 3. The monoisotopic (exact) mass is 340 g/mol. The van der Waals surface area contributed by atoms with Gasteiger partial charge in [0.25, 0.3) is 0 Å². The number of benzene rings is 3. The molecular weight excluding hydrogens is 319 g/mol. The minimum absolute atomic E-state index is 0.182. The second-order valence-corrected chi connectivity index (χ2v) is 9.18. The first-order valence-corrected chi connectivity index (χ1v) is 10.1. The summed E-state index contributed by atoms with van der Waals surface area (Å²) in [5.74, 6) is 0. The fourth-order valence-electron chi connectivity index (χ4n) is 2.93. The average molecular weight is 340 g/mol. The molecule has 3 aromatic carbocycles. The first-order valence-electron chi connectivity index (χ1n) is 7.85. The fraction of sp³-hybridized carbons (Fsp3) is 0.100. The molecule has 0 heterocycles. The van der Waals surface area contributed by atoms with Crippen molar-refractivity contribution >= 4 is 12.6 Å². The van der Waals surface area contributed by atoms with E-state index in [4.69, 9.17) is 0 Å². The van der Waals surface area contributed by atoms with Crippen molar-refractivity contribution < 1.29 is 14.7 Å². The standard InChI is InChI=1S/C20H21O3P/c21-24(22,23,16-18-11-5-2-6-12-18)20-14-8-7-13-19(20)15-17-9-3-1-4-10-17/h1-14,21-23H,15-16H2. The van der Waals surface area contributed by atoms with Gasteiger partial charge in [-0.2, -0.15) is 0 Å². The van der Waals surface area contributed by atoms with E-state index in [9.17, 15) is 14.7 Å². The number of rotatable bonds is 5. The average Bonchev–Trinajstić information content (AvgIpc) is 2.56. The van der Waals surface area contributed by atoms with E-state index in [1.165, 1.54) is 0 Å². The maximum absolute atomic E-state index is 10.8. The quantitative estimate of drug-likeness (QED) is 0.624. The maximum atomic E-state index is 10.8. The Morgan fingerprint density at radius 3 is 1.71 bits per heavy atom. The molecule has 3 rings (SSSR count). The summed E-state index contributed by atoms with van der Waals surface area (Å²) in [5, 5.41) is 0.233. The van der Waals surface area contributed by atoms with Crippen LogP contribution in [0.25, 0.3) is 0 Å². The van der Waals surface area contributed by atoms with E-state index in [2.05, 4.69) is 0 Å². The van der Waals surface area contributed by atoms with E-state index in [1.54, 1.807) is 24.3 Å². The molecule has 0 saturated heterocycles. The van der Waals surface area contributed by atoms with Crippen molar-refractivity contribution in [1.82, 2.24) is 0 Å². The van der Waals surface area contributed by atoms with Crippen molar-refractivity contribution in [1.29, 1.82) is 0 Å². The van der Waals surface area contributed by atoms with Gasteiger partial charge in [0.15, 0.2) is 0 Å². The topological polar surface area (TPSA) is 60.7 Å². The van der Waals surface area contributed by atoms with Gasteiger partial charge in [-0.3, -0.25) is 0 Å². The zero-order valence-electron chi connectivity index (χ0n) is 13.3. The predicted molar refractivity (Wildman–Crippen MR) is 99.0 cm³/mol. The molecule has 3 aromatic rings. The summed E-state index contributed by atoms with van der Waals surface area (Å²) in [5.41, 5.74) is 2.47. The Balaban J connectivity index is 1.98. The zero-order chi connectivity index (χ0) is 17.1. The van der Waals surface area contributed by atoms with Gasteiger partial charge >= 0.3 is 141 Å². The van der Waals surface area contributed by atoms with E-state index in [0.717, 1.165) is 11.1 Å². The molecule has 0 bridgehead atoms. The molecule has 0 aliphatic rings. The van der Waals surface area contributed by atoms with Crippen molar-refractivity contribution in [3.8, 4) is 0 Å². The van der Waals surface area contributed by atoms with Crippen LogP contribution in [0.15, 0.2) is 84.9 Å². The van der Waals surface area contributed by atoms with E-state index in [1.807, 2.05) is 60.7 Å². The predicted octanol–water partition coefficient (Wildman–Crippen LogP) is 3.38. The molecular formula is C20H21O3P. The van der Waals surface area contributed by atoms with Gasteiger partial charge in [-0.25, -0.2) is 0 Å². The summed E-state index contributed by atoms with van der Waals surface area (Å²) >= 11 is 0. The van der Waals surface area contributed by atoms with Gasteiger partial charge in [0.05, 0.1) is 0 Å². The van der Waals surface area contributed by atoms with Crippen molar-refractivity contribution in [2.75, 3.05) is 0 Å². The SMILES string of the molecule is OP(O)(O)(Cc1ccccc1)c1ccccc1Cc1ccccc1. The molecule has 124 valence electrons. The molecule has 0 aliphatic carbocycles. The van der Waals surface area contributed by atoms with E-state index >= 15 is 0 Å². The second-order valence-electron chi connectivity index (χ2n) is 6.09. The third-order valence-corrected chi connectivity index (χ3v) is 6.41. The molecule has 0 aliphatic heterocycles. The number of hydrogen-bond acceptors (Lipinski definition) is 3. The van der Waals surface area contributed by atoms with E-state index in [0.29, 0.717) is 12.0 Å². The van der Waals surface area contributed by atoms with Crippen LogP contribution in [0.1, 0.15) is 16.7 Å². The van der Waals surface area contributed by atoms with Gasteiger partial charge in [0.1, 0.15) is 0 Å². The van der Waals surface area contributed by atoms with Crippen molar-refractivity contribution in [3.05, 3.63) is 102 Å². The molecule has 3 N–H and O–H groups in total. The first kappa shape index (κ1) is 16.8. The van der Waals surface area contributed by atoms with Gasteiger partial charge < -0.3 is 0 Å². The second kappa shape index (κ2) is 6.46. The fourth-order valence-corrected chi connectivity index (χ4v) is 5.11. The van der Waals surface area contributed by atoms with Gasteiger partial charge in [0, 0.05) is 0 Å².